The van der Waals surface area contributed by atoms with Crippen LogP contribution >= 0.6 is 0 Å². The second kappa shape index (κ2) is 7.15. The molecule has 4 amide bonds. The first-order valence-electron chi connectivity index (χ1n) is 6.10. The number of benzene rings is 1. The van der Waals surface area contributed by atoms with Gasteiger partial charge >= 0.3 is 11.8 Å². The van der Waals surface area contributed by atoms with Crippen molar-refractivity contribution in [2.45, 2.75) is 6.92 Å². The van der Waals surface area contributed by atoms with Gasteiger partial charge in [0.25, 0.3) is 5.91 Å². The highest BCUT2D eigenvalue weighted by atomic mass is 16.2. The Morgan fingerprint density at radius 2 is 1.71 bits per heavy atom. The molecule has 1 rings (SSSR count). The number of nitrogen functional groups attached to an aromatic ring is 1. The first kappa shape index (κ1) is 16.3. The average molecular weight is 292 g/mol. The number of rotatable bonds is 3. The highest BCUT2D eigenvalue weighted by Crippen LogP contribution is 2.05. The van der Waals surface area contributed by atoms with E-state index in [9.17, 15) is 19.2 Å². The van der Waals surface area contributed by atoms with Gasteiger partial charge in [0.1, 0.15) is 0 Å². The standard InChI is InChI=1S/C13H16N4O4/c1-8(18)17(7-6-14)13(21)12(20)16-11(19)9-2-4-10(15)5-3-9/h2-5H,6-7,14-15H2,1H3,(H,16,19,20). The number of carbonyl (C=O) groups excluding carboxylic acids is 4. The SMILES string of the molecule is CC(=O)N(CCN)C(=O)C(=O)NC(=O)c1ccc(N)cc1. The fraction of sp³-hybridized carbons (Fsp3) is 0.231. The molecule has 0 saturated heterocycles. The van der Waals surface area contributed by atoms with Crippen LogP contribution in [0.1, 0.15) is 17.3 Å². The molecule has 0 saturated carbocycles. The van der Waals surface area contributed by atoms with Crippen LogP contribution in [0.4, 0.5) is 5.69 Å². The van der Waals surface area contributed by atoms with Crippen molar-refractivity contribution in [3.63, 3.8) is 0 Å². The first-order valence-corrected chi connectivity index (χ1v) is 6.10. The quantitative estimate of drug-likeness (QED) is 0.476. The van der Waals surface area contributed by atoms with E-state index in [-0.39, 0.29) is 18.7 Å². The van der Waals surface area contributed by atoms with E-state index >= 15 is 0 Å². The summed E-state index contributed by atoms with van der Waals surface area (Å²) in [6, 6.07) is 5.78. The Morgan fingerprint density at radius 1 is 1.14 bits per heavy atom. The van der Waals surface area contributed by atoms with Gasteiger partial charge < -0.3 is 11.5 Å². The van der Waals surface area contributed by atoms with Gasteiger partial charge in [0.15, 0.2) is 0 Å². The van der Waals surface area contributed by atoms with Crippen molar-refractivity contribution in [3.8, 4) is 0 Å². The molecular weight excluding hydrogens is 276 g/mol. The molecule has 0 aliphatic heterocycles. The van der Waals surface area contributed by atoms with Gasteiger partial charge in [-0.25, -0.2) is 0 Å². The Labute approximate surface area is 121 Å². The van der Waals surface area contributed by atoms with Gasteiger partial charge in [-0.1, -0.05) is 0 Å². The van der Waals surface area contributed by atoms with Gasteiger partial charge in [0.2, 0.25) is 5.91 Å². The van der Waals surface area contributed by atoms with Crippen LogP contribution in [0.5, 0.6) is 0 Å². The zero-order valence-corrected chi connectivity index (χ0v) is 11.5. The Balaban J connectivity index is 2.75. The van der Waals surface area contributed by atoms with Crippen LogP contribution in [-0.2, 0) is 14.4 Å². The molecule has 0 radical (unpaired) electrons. The van der Waals surface area contributed by atoms with Crippen LogP contribution in [0.25, 0.3) is 0 Å². The minimum absolute atomic E-state index is 0.0184. The summed E-state index contributed by atoms with van der Waals surface area (Å²) >= 11 is 0. The van der Waals surface area contributed by atoms with E-state index in [4.69, 9.17) is 11.5 Å². The summed E-state index contributed by atoms with van der Waals surface area (Å²) in [6.07, 6.45) is 0. The molecule has 0 aromatic heterocycles. The van der Waals surface area contributed by atoms with Crippen LogP contribution < -0.4 is 16.8 Å². The maximum atomic E-state index is 11.8. The summed E-state index contributed by atoms with van der Waals surface area (Å²) in [5.41, 5.74) is 11.4. The summed E-state index contributed by atoms with van der Waals surface area (Å²) in [4.78, 5) is 47.1. The first-order chi connectivity index (χ1) is 9.86. The number of anilines is 1. The molecule has 0 unspecified atom stereocenters. The van der Waals surface area contributed by atoms with E-state index in [1.165, 1.54) is 24.3 Å². The van der Waals surface area contributed by atoms with Gasteiger partial charge in [-0.15, -0.1) is 0 Å². The lowest BCUT2D eigenvalue weighted by Crippen LogP contribution is -2.48. The summed E-state index contributed by atoms with van der Waals surface area (Å²) in [5, 5.41) is 1.91. The molecule has 0 fully saturated rings. The van der Waals surface area contributed by atoms with Crippen LogP contribution in [0, 0.1) is 0 Å². The van der Waals surface area contributed by atoms with Crippen molar-refractivity contribution < 1.29 is 19.2 Å². The molecule has 1 aromatic rings. The summed E-state index contributed by atoms with van der Waals surface area (Å²) < 4.78 is 0. The van der Waals surface area contributed by atoms with Gasteiger partial charge in [0.05, 0.1) is 0 Å². The van der Waals surface area contributed by atoms with Crippen molar-refractivity contribution in [1.82, 2.24) is 10.2 Å². The number of nitrogens with zero attached hydrogens (tertiary/aromatic N) is 1. The molecule has 8 nitrogen and oxygen atoms in total. The van der Waals surface area contributed by atoms with Crippen molar-refractivity contribution in [2.75, 3.05) is 18.8 Å². The molecule has 21 heavy (non-hydrogen) atoms. The molecule has 5 N–H and O–H groups in total. The van der Waals surface area contributed by atoms with Crippen molar-refractivity contribution in [2.24, 2.45) is 5.73 Å². The van der Waals surface area contributed by atoms with Gasteiger partial charge in [-0.3, -0.25) is 29.4 Å². The number of nitrogens with one attached hydrogen (secondary N) is 1. The van der Waals surface area contributed by atoms with Crippen LogP contribution in [0.3, 0.4) is 0 Å². The number of amides is 4. The number of carbonyl (C=O) groups is 4. The summed E-state index contributed by atoms with van der Waals surface area (Å²) in [6.45, 7) is 1.05. The lowest BCUT2D eigenvalue weighted by atomic mass is 10.2. The highest BCUT2D eigenvalue weighted by molar-refractivity contribution is 6.40. The second-order valence-corrected chi connectivity index (χ2v) is 4.17. The second-order valence-electron chi connectivity index (χ2n) is 4.17. The van der Waals surface area contributed by atoms with Crippen LogP contribution in [-0.4, -0.2) is 41.6 Å². The molecular formula is C13H16N4O4. The molecule has 0 aliphatic rings. The van der Waals surface area contributed by atoms with Crippen molar-refractivity contribution >= 4 is 29.3 Å². The third-order valence-corrected chi connectivity index (χ3v) is 2.57. The predicted octanol–water partition coefficient (Wildman–Crippen LogP) is -1.14. The zero-order chi connectivity index (χ0) is 16.0. The smallest absolute Gasteiger partial charge is 0.318 e. The monoisotopic (exact) mass is 292 g/mol. The van der Waals surface area contributed by atoms with E-state index in [1.807, 2.05) is 5.32 Å². The van der Waals surface area contributed by atoms with Crippen LogP contribution in [0.2, 0.25) is 0 Å². The third kappa shape index (κ3) is 4.39. The van der Waals surface area contributed by atoms with E-state index in [0.717, 1.165) is 6.92 Å². The van der Waals surface area contributed by atoms with E-state index in [2.05, 4.69) is 0 Å². The Kier molecular flexibility index (Phi) is 5.56. The molecule has 112 valence electrons. The summed E-state index contributed by atoms with van der Waals surface area (Å²) in [5.74, 6) is -3.71. The highest BCUT2D eigenvalue weighted by Gasteiger charge is 2.26. The van der Waals surface area contributed by atoms with Gasteiger partial charge in [-0.2, -0.15) is 0 Å². The van der Waals surface area contributed by atoms with E-state index in [1.54, 1.807) is 0 Å². The van der Waals surface area contributed by atoms with Crippen molar-refractivity contribution in [1.29, 1.82) is 0 Å². The molecule has 8 heteroatoms. The fourth-order valence-electron chi connectivity index (χ4n) is 1.52. The van der Waals surface area contributed by atoms with Crippen molar-refractivity contribution in [3.05, 3.63) is 29.8 Å². The minimum atomic E-state index is -1.19. The summed E-state index contributed by atoms with van der Waals surface area (Å²) in [7, 11) is 0. The lowest BCUT2D eigenvalue weighted by Gasteiger charge is -2.17. The lowest BCUT2D eigenvalue weighted by molar-refractivity contribution is -0.151. The number of hydrogen-bond donors (Lipinski definition) is 3. The normalized spacial score (nSPS) is 9.81. The Bertz CT molecular complexity index is 568. The molecule has 1 aromatic carbocycles. The molecule has 0 heterocycles. The maximum absolute atomic E-state index is 11.8. The topological polar surface area (TPSA) is 136 Å². The van der Waals surface area contributed by atoms with E-state index < -0.39 is 23.6 Å². The number of nitrogens with two attached hydrogens (primary N) is 2. The maximum Gasteiger partial charge on any atom is 0.318 e. The Morgan fingerprint density at radius 3 is 2.19 bits per heavy atom. The fourth-order valence-corrected chi connectivity index (χ4v) is 1.52. The van der Waals surface area contributed by atoms with E-state index in [0.29, 0.717) is 10.6 Å². The van der Waals surface area contributed by atoms with Gasteiger partial charge in [-0.05, 0) is 24.3 Å². The largest absolute Gasteiger partial charge is 0.399 e. The predicted molar refractivity (Wildman–Crippen MR) is 74.8 cm³/mol. The average Bonchev–Trinajstić information content (AvgIpc) is 2.44. The van der Waals surface area contributed by atoms with Crippen LogP contribution in [0.15, 0.2) is 24.3 Å². The third-order valence-electron chi connectivity index (χ3n) is 2.57. The zero-order valence-electron chi connectivity index (χ0n) is 11.5. The molecule has 0 atom stereocenters. The minimum Gasteiger partial charge on any atom is -0.399 e. The molecule has 0 aliphatic carbocycles. The molecule has 0 bridgehead atoms. The Hall–Kier alpha value is -2.74. The number of hydrogen-bond acceptors (Lipinski definition) is 6. The molecule has 0 spiro atoms. The van der Waals surface area contributed by atoms with Gasteiger partial charge in [0, 0.05) is 31.3 Å². The number of imide groups is 2.